The first-order valence-electron chi connectivity index (χ1n) is 20.1. The standard InChI is InChI=1S/C47H47N3O8Si/c1-29-44(59(3,4)55)42(25-43(52)48-27-32-14-6-5-13-31(32)23-34(48)28-51)58-47(29)37-24-35(56-2)20-21-38(37)49(46(47)54)26-30-12-11-15-33(22-30)50-39-17-8-10-19-41(39)57-40-18-9-7-16-36(40)45(50)53/h5-22,24,29,34,42,44,51,55H,23,25-28H2,1-4H3/t29-,34-,42+,44-,47+/m0/s1. The number of fused-ring (bicyclic) bond motifs is 5. The maximum absolute atomic E-state index is 15.3. The van der Waals surface area contributed by atoms with Crippen molar-refractivity contribution in [2.24, 2.45) is 5.92 Å². The summed E-state index contributed by atoms with van der Waals surface area (Å²) in [4.78, 5) is 60.9. The van der Waals surface area contributed by atoms with Gasteiger partial charge in [0.15, 0.2) is 19.7 Å². The van der Waals surface area contributed by atoms with E-state index < -0.39 is 37.5 Å². The van der Waals surface area contributed by atoms with Gasteiger partial charge in [0, 0.05) is 29.3 Å². The number of para-hydroxylation sites is 3. The summed E-state index contributed by atoms with van der Waals surface area (Å²) in [5.74, 6) is 0.309. The van der Waals surface area contributed by atoms with Gasteiger partial charge in [-0.1, -0.05) is 67.6 Å². The van der Waals surface area contributed by atoms with E-state index in [0.29, 0.717) is 58.4 Å². The molecular formula is C47H47N3O8Si. The number of ether oxygens (including phenoxy) is 3. The molecule has 0 saturated carbocycles. The van der Waals surface area contributed by atoms with Crippen molar-refractivity contribution in [1.82, 2.24) is 4.90 Å². The van der Waals surface area contributed by atoms with Crippen molar-refractivity contribution < 1.29 is 38.5 Å². The van der Waals surface area contributed by atoms with Crippen LogP contribution in [0.2, 0.25) is 18.6 Å². The maximum atomic E-state index is 15.3. The molecule has 12 heteroatoms. The minimum absolute atomic E-state index is 0.0563. The predicted octanol–water partition coefficient (Wildman–Crippen LogP) is 7.46. The molecule has 0 aromatic heterocycles. The third-order valence-electron chi connectivity index (χ3n) is 12.6. The van der Waals surface area contributed by atoms with Gasteiger partial charge in [0.2, 0.25) is 5.91 Å². The van der Waals surface area contributed by atoms with Gasteiger partial charge in [0.1, 0.15) is 11.5 Å². The van der Waals surface area contributed by atoms with Crippen LogP contribution < -0.4 is 19.3 Å². The Bertz CT molecular complexity index is 2490. The highest BCUT2D eigenvalue weighted by molar-refractivity contribution is 6.71. The van der Waals surface area contributed by atoms with Gasteiger partial charge in [-0.3, -0.25) is 19.3 Å². The van der Waals surface area contributed by atoms with E-state index in [4.69, 9.17) is 14.2 Å². The smallest absolute Gasteiger partial charge is 0.266 e. The molecule has 5 aromatic rings. The third kappa shape index (κ3) is 6.42. The van der Waals surface area contributed by atoms with Crippen LogP contribution >= 0.6 is 0 Å². The van der Waals surface area contributed by atoms with Crippen molar-refractivity contribution in [3.8, 4) is 17.2 Å². The lowest BCUT2D eigenvalue weighted by Gasteiger charge is -2.37. The van der Waals surface area contributed by atoms with Crippen molar-refractivity contribution >= 4 is 43.1 Å². The Labute approximate surface area is 344 Å². The Morgan fingerprint density at radius 3 is 2.37 bits per heavy atom. The van der Waals surface area contributed by atoms with Crippen molar-refractivity contribution in [3.63, 3.8) is 0 Å². The monoisotopic (exact) mass is 809 g/mol. The van der Waals surface area contributed by atoms with E-state index in [1.165, 1.54) is 0 Å². The Morgan fingerprint density at radius 1 is 0.881 bits per heavy atom. The number of carbonyl (C=O) groups excluding carboxylic acids is 3. The second-order valence-electron chi connectivity index (χ2n) is 16.5. The number of aliphatic hydroxyl groups is 1. The quantitative estimate of drug-likeness (QED) is 0.155. The molecule has 4 aliphatic rings. The molecule has 4 aliphatic heterocycles. The minimum atomic E-state index is -3.10. The molecule has 11 nitrogen and oxygen atoms in total. The fraction of sp³-hybridized carbons (Fsp3) is 0.298. The average molecular weight is 810 g/mol. The van der Waals surface area contributed by atoms with Gasteiger partial charge >= 0.3 is 0 Å². The molecular weight excluding hydrogens is 763 g/mol. The van der Waals surface area contributed by atoms with Crippen LogP contribution in [0.4, 0.5) is 17.1 Å². The van der Waals surface area contributed by atoms with Gasteiger partial charge in [-0.25, -0.2) is 0 Å². The number of hydrogen-bond donors (Lipinski definition) is 2. The first-order valence-corrected chi connectivity index (χ1v) is 23.1. The molecule has 0 aliphatic carbocycles. The number of amides is 3. The first-order chi connectivity index (χ1) is 28.4. The van der Waals surface area contributed by atoms with E-state index in [1.807, 2.05) is 123 Å². The minimum Gasteiger partial charge on any atom is -0.497 e. The molecule has 0 unspecified atom stereocenters. The highest BCUT2D eigenvalue weighted by Crippen LogP contribution is 2.60. The van der Waals surface area contributed by atoms with E-state index in [2.05, 4.69) is 0 Å². The van der Waals surface area contributed by atoms with Gasteiger partial charge in [-0.15, -0.1) is 0 Å². The maximum Gasteiger partial charge on any atom is 0.266 e. The number of nitrogens with zero attached hydrogens (tertiary/aromatic N) is 3. The number of carbonyl (C=O) groups is 3. The Morgan fingerprint density at radius 2 is 1.61 bits per heavy atom. The largest absolute Gasteiger partial charge is 0.497 e. The lowest BCUT2D eigenvalue weighted by Crippen LogP contribution is -2.48. The summed E-state index contributed by atoms with van der Waals surface area (Å²) in [6.45, 7) is 5.95. The Hall–Kier alpha value is -5.79. The van der Waals surface area contributed by atoms with E-state index >= 15 is 4.79 Å². The summed E-state index contributed by atoms with van der Waals surface area (Å²) in [6.07, 6.45) is -0.291. The molecule has 4 heterocycles. The molecule has 1 saturated heterocycles. The van der Waals surface area contributed by atoms with Crippen LogP contribution in [0.1, 0.15) is 46.0 Å². The summed E-state index contributed by atoms with van der Waals surface area (Å²) in [7, 11) is -1.53. The van der Waals surface area contributed by atoms with E-state index in [9.17, 15) is 19.5 Å². The zero-order chi connectivity index (χ0) is 41.2. The van der Waals surface area contributed by atoms with Gasteiger partial charge in [-0.05, 0) is 90.8 Å². The third-order valence-corrected chi connectivity index (χ3v) is 15.1. The fourth-order valence-corrected chi connectivity index (χ4v) is 12.5. The molecule has 0 bridgehead atoms. The Balaban J connectivity index is 1.06. The molecule has 1 fully saturated rings. The van der Waals surface area contributed by atoms with E-state index in [0.717, 1.165) is 16.7 Å². The van der Waals surface area contributed by atoms with Crippen molar-refractivity contribution in [2.45, 2.75) is 69.2 Å². The summed E-state index contributed by atoms with van der Waals surface area (Å²) in [6, 6.07) is 35.2. The first kappa shape index (κ1) is 38.7. The molecule has 2 N–H and O–H groups in total. The van der Waals surface area contributed by atoms with Crippen molar-refractivity contribution in [1.29, 1.82) is 0 Å². The van der Waals surface area contributed by atoms with Crippen LogP contribution in [-0.4, -0.2) is 66.7 Å². The van der Waals surface area contributed by atoms with Gasteiger partial charge in [0.25, 0.3) is 11.8 Å². The highest BCUT2D eigenvalue weighted by atomic mass is 28.4. The average Bonchev–Trinajstić information content (AvgIpc) is 3.60. The molecule has 1 spiro atoms. The predicted molar refractivity (Wildman–Crippen MR) is 225 cm³/mol. The summed E-state index contributed by atoms with van der Waals surface area (Å²) >= 11 is 0. The number of aliphatic hydroxyl groups excluding tert-OH is 1. The number of hydrogen-bond acceptors (Lipinski definition) is 8. The number of benzene rings is 5. The second kappa shape index (κ2) is 14.8. The fourth-order valence-electron chi connectivity index (χ4n) is 9.91. The molecule has 302 valence electrons. The SMILES string of the molecule is COc1ccc2c(c1)[C@@]1(O[C@H](CC(=O)N3Cc4ccccc4C[C@H]3CO)[C@@H]([Si](C)(C)O)[C@@H]1C)C(=O)N2Cc1cccc(N2C(=O)c3ccccc3Oc3ccccc32)c1. The van der Waals surface area contributed by atoms with Gasteiger partial charge in [-0.2, -0.15) is 0 Å². The van der Waals surface area contributed by atoms with E-state index in [-0.39, 0.29) is 37.3 Å². The van der Waals surface area contributed by atoms with Gasteiger partial charge in [0.05, 0.1) is 55.8 Å². The summed E-state index contributed by atoms with van der Waals surface area (Å²) < 4.78 is 19.0. The molecule has 5 atom stereocenters. The van der Waals surface area contributed by atoms with E-state index in [1.54, 1.807) is 33.9 Å². The van der Waals surface area contributed by atoms with Crippen LogP contribution in [0, 0.1) is 5.92 Å². The second-order valence-corrected chi connectivity index (χ2v) is 20.5. The van der Waals surface area contributed by atoms with Crippen LogP contribution in [0.3, 0.4) is 0 Å². The zero-order valence-electron chi connectivity index (χ0n) is 33.5. The summed E-state index contributed by atoms with van der Waals surface area (Å²) in [5.41, 5.74) is 3.79. The zero-order valence-corrected chi connectivity index (χ0v) is 34.5. The molecule has 9 rings (SSSR count). The molecule has 3 amide bonds. The van der Waals surface area contributed by atoms with Crippen molar-refractivity contribution in [2.75, 3.05) is 23.5 Å². The number of methoxy groups -OCH3 is 1. The molecule has 59 heavy (non-hydrogen) atoms. The van der Waals surface area contributed by atoms with Crippen molar-refractivity contribution in [3.05, 3.63) is 143 Å². The highest BCUT2D eigenvalue weighted by Gasteiger charge is 2.66. The van der Waals surface area contributed by atoms with Crippen LogP contribution in [-0.2, 0) is 39.4 Å². The molecule has 0 radical (unpaired) electrons. The lowest BCUT2D eigenvalue weighted by molar-refractivity contribution is -0.151. The molecule has 5 aromatic carbocycles. The van der Waals surface area contributed by atoms with Crippen LogP contribution in [0.5, 0.6) is 17.2 Å². The summed E-state index contributed by atoms with van der Waals surface area (Å²) in [5, 5.41) is 10.4. The topological polar surface area (TPSA) is 129 Å². The number of anilines is 3. The van der Waals surface area contributed by atoms with Crippen LogP contribution in [0.15, 0.2) is 115 Å². The Kier molecular flexibility index (Phi) is 9.70. The lowest BCUT2D eigenvalue weighted by atomic mass is 9.82. The van der Waals surface area contributed by atoms with Crippen LogP contribution in [0.25, 0.3) is 0 Å². The van der Waals surface area contributed by atoms with Gasteiger partial charge < -0.3 is 33.9 Å². The number of rotatable bonds is 8. The normalized spacial score (nSPS) is 23.3.